The third kappa shape index (κ3) is 2.96. The van der Waals surface area contributed by atoms with Gasteiger partial charge >= 0.3 is 0 Å². The summed E-state index contributed by atoms with van der Waals surface area (Å²) in [7, 11) is 0. The van der Waals surface area contributed by atoms with E-state index in [2.05, 4.69) is 40.2 Å². The summed E-state index contributed by atoms with van der Waals surface area (Å²) in [6.07, 6.45) is 5.77. The highest BCUT2D eigenvalue weighted by Gasteiger charge is 2.24. The van der Waals surface area contributed by atoms with Crippen molar-refractivity contribution in [1.82, 2.24) is 9.88 Å². The van der Waals surface area contributed by atoms with Crippen LogP contribution in [0.3, 0.4) is 0 Å². The maximum Gasteiger partial charge on any atom is 0.180 e. The number of nitrogens with two attached hydrogens (primary N) is 1. The highest BCUT2D eigenvalue weighted by Crippen LogP contribution is 2.32. The summed E-state index contributed by atoms with van der Waals surface area (Å²) >= 11 is 1.60. The van der Waals surface area contributed by atoms with Crippen molar-refractivity contribution in [3.8, 4) is 0 Å². The summed E-state index contributed by atoms with van der Waals surface area (Å²) in [4.78, 5) is 7.98. The smallest absolute Gasteiger partial charge is 0.180 e. The van der Waals surface area contributed by atoms with E-state index in [1.807, 2.05) is 6.20 Å². The van der Waals surface area contributed by atoms with E-state index in [4.69, 9.17) is 5.73 Å². The molecule has 0 spiro atoms. The number of benzene rings is 1. The van der Waals surface area contributed by atoms with E-state index in [-0.39, 0.29) is 0 Å². The maximum absolute atomic E-state index is 5.72. The van der Waals surface area contributed by atoms with Gasteiger partial charge in [-0.15, -0.1) is 11.3 Å². The van der Waals surface area contributed by atoms with Crippen molar-refractivity contribution in [2.24, 2.45) is 0 Å². The van der Waals surface area contributed by atoms with Gasteiger partial charge in [0, 0.05) is 23.7 Å². The van der Waals surface area contributed by atoms with Gasteiger partial charge < -0.3 is 5.73 Å². The Morgan fingerprint density at radius 1 is 1.26 bits per heavy atom. The summed E-state index contributed by atoms with van der Waals surface area (Å²) in [5.41, 5.74) is 7.15. The van der Waals surface area contributed by atoms with Crippen LogP contribution in [-0.2, 0) is 6.54 Å². The number of piperidine rings is 1. The van der Waals surface area contributed by atoms with Crippen LogP contribution >= 0.6 is 11.3 Å². The number of hydrogen-bond donors (Lipinski definition) is 1. The van der Waals surface area contributed by atoms with Crippen molar-refractivity contribution in [2.45, 2.75) is 31.8 Å². The lowest BCUT2D eigenvalue weighted by molar-refractivity contribution is 0.142. The van der Waals surface area contributed by atoms with Crippen LogP contribution in [0, 0.1) is 0 Å². The summed E-state index contributed by atoms with van der Waals surface area (Å²) in [5.74, 6) is 0. The monoisotopic (exact) mass is 273 g/mol. The molecule has 3 rings (SSSR count). The van der Waals surface area contributed by atoms with Gasteiger partial charge in [0.1, 0.15) is 0 Å². The number of rotatable bonds is 3. The van der Waals surface area contributed by atoms with E-state index < -0.39 is 0 Å². The van der Waals surface area contributed by atoms with Gasteiger partial charge in [0.25, 0.3) is 0 Å². The molecule has 2 N–H and O–H groups in total. The van der Waals surface area contributed by atoms with Crippen molar-refractivity contribution >= 4 is 16.5 Å². The van der Waals surface area contributed by atoms with Gasteiger partial charge in [0.05, 0.1) is 0 Å². The molecule has 1 aromatic carbocycles. The molecule has 0 aliphatic carbocycles. The molecule has 2 heterocycles. The van der Waals surface area contributed by atoms with Crippen LogP contribution in [0.15, 0.2) is 36.5 Å². The zero-order chi connectivity index (χ0) is 13.1. The molecule has 1 saturated heterocycles. The first kappa shape index (κ1) is 12.6. The largest absolute Gasteiger partial charge is 0.375 e. The predicted octanol–water partition coefficient (Wildman–Crippen LogP) is 3.45. The molecule has 0 amide bonds. The molecule has 19 heavy (non-hydrogen) atoms. The number of hydrogen-bond acceptors (Lipinski definition) is 4. The van der Waals surface area contributed by atoms with E-state index in [0.29, 0.717) is 11.2 Å². The third-order valence-corrected chi connectivity index (χ3v) is 4.54. The van der Waals surface area contributed by atoms with Gasteiger partial charge in [-0.1, -0.05) is 36.8 Å². The molecule has 1 fully saturated rings. The van der Waals surface area contributed by atoms with Crippen LogP contribution in [0.2, 0.25) is 0 Å². The van der Waals surface area contributed by atoms with E-state index in [0.717, 1.165) is 13.1 Å². The molecular formula is C15H19N3S. The summed E-state index contributed by atoms with van der Waals surface area (Å²) < 4.78 is 0. The number of aromatic nitrogens is 1. The zero-order valence-electron chi connectivity index (χ0n) is 11.0. The van der Waals surface area contributed by atoms with Gasteiger partial charge in [-0.25, -0.2) is 4.98 Å². The molecule has 1 aliphatic rings. The predicted molar refractivity (Wildman–Crippen MR) is 80.0 cm³/mol. The van der Waals surface area contributed by atoms with Crippen LogP contribution in [0.1, 0.15) is 35.7 Å². The second-order valence-corrected chi connectivity index (χ2v) is 6.20. The van der Waals surface area contributed by atoms with E-state index in [1.165, 1.54) is 29.7 Å². The van der Waals surface area contributed by atoms with Crippen molar-refractivity contribution in [2.75, 3.05) is 12.3 Å². The number of nitrogen functional groups attached to an aromatic ring is 1. The van der Waals surface area contributed by atoms with Crippen molar-refractivity contribution in [1.29, 1.82) is 0 Å². The van der Waals surface area contributed by atoms with E-state index in [1.54, 1.807) is 11.3 Å². The zero-order valence-corrected chi connectivity index (χ0v) is 11.8. The molecule has 1 aliphatic heterocycles. The van der Waals surface area contributed by atoms with Gasteiger partial charge in [0.2, 0.25) is 0 Å². The Morgan fingerprint density at radius 3 is 2.84 bits per heavy atom. The number of nitrogens with zero attached hydrogens (tertiary/aromatic N) is 2. The highest BCUT2D eigenvalue weighted by atomic mass is 32.1. The molecule has 4 heteroatoms. The van der Waals surface area contributed by atoms with Crippen LogP contribution < -0.4 is 5.73 Å². The Balaban J connectivity index is 1.77. The lowest BCUT2D eigenvalue weighted by Crippen LogP contribution is -2.32. The first-order valence-electron chi connectivity index (χ1n) is 6.82. The Bertz CT molecular complexity index is 523. The Labute approximate surface area is 118 Å². The molecule has 1 unspecified atom stereocenters. The Hall–Kier alpha value is -1.39. The fraction of sp³-hybridized carbons (Fsp3) is 0.400. The quantitative estimate of drug-likeness (QED) is 0.931. The molecule has 0 radical (unpaired) electrons. The van der Waals surface area contributed by atoms with Crippen LogP contribution in [0.4, 0.5) is 5.13 Å². The van der Waals surface area contributed by atoms with Gasteiger partial charge in [-0.3, -0.25) is 4.90 Å². The van der Waals surface area contributed by atoms with Gasteiger partial charge in [-0.05, 0) is 24.9 Å². The van der Waals surface area contributed by atoms with Crippen LogP contribution in [0.25, 0.3) is 0 Å². The number of anilines is 1. The minimum Gasteiger partial charge on any atom is -0.375 e. The van der Waals surface area contributed by atoms with Crippen molar-refractivity contribution in [3.63, 3.8) is 0 Å². The molecule has 1 atom stereocenters. The number of likely N-dealkylation sites (tertiary alicyclic amines) is 1. The molecule has 3 nitrogen and oxygen atoms in total. The average Bonchev–Trinajstić information content (AvgIpc) is 2.86. The fourth-order valence-corrected chi connectivity index (χ4v) is 3.54. The van der Waals surface area contributed by atoms with Crippen LogP contribution in [-0.4, -0.2) is 16.4 Å². The summed E-state index contributed by atoms with van der Waals surface area (Å²) in [6, 6.07) is 11.4. The molecule has 0 saturated carbocycles. The molecule has 1 aromatic heterocycles. The Morgan fingerprint density at radius 2 is 2.11 bits per heavy atom. The third-order valence-electron chi connectivity index (χ3n) is 3.73. The first-order valence-corrected chi connectivity index (χ1v) is 7.64. The summed E-state index contributed by atoms with van der Waals surface area (Å²) in [5, 5.41) is 0.670. The topological polar surface area (TPSA) is 42.1 Å². The average molecular weight is 273 g/mol. The van der Waals surface area contributed by atoms with Crippen LogP contribution in [0.5, 0.6) is 0 Å². The fourth-order valence-electron chi connectivity index (χ4n) is 2.83. The second kappa shape index (κ2) is 5.72. The second-order valence-electron chi connectivity index (χ2n) is 5.06. The molecule has 100 valence electrons. The summed E-state index contributed by atoms with van der Waals surface area (Å²) in [6.45, 7) is 2.13. The van der Waals surface area contributed by atoms with Gasteiger partial charge in [0.15, 0.2) is 5.13 Å². The standard InChI is InChI=1S/C15H19N3S/c16-15-17-10-13(19-15)11-18-9-5-4-8-14(18)12-6-2-1-3-7-12/h1-3,6-7,10,14H,4-5,8-9,11H2,(H2,16,17). The lowest BCUT2D eigenvalue weighted by Gasteiger charge is -2.35. The maximum atomic E-state index is 5.72. The first-order chi connectivity index (χ1) is 9.33. The van der Waals surface area contributed by atoms with Gasteiger partial charge in [-0.2, -0.15) is 0 Å². The van der Waals surface area contributed by atoms with Crippen molar-refractivity contribution in [3.05, 3.63) is 47.0 Å². The minimum atomic E-state index is 0.540. The number of thiazole rings is 1. The van der Waals surface area contributed by atoms with Crippen molar-refractivity contribution < 1.29 is 0 Å². The minimum absolute atomic E-state index is 0.540. The molecule has 2 aromatic rings. The van der Waals surface area contributed by atoms with E-state index in [9.17, 15) is 0 Å². The lowest BCUT2D eigenvalue weighted by atomic mass is 9.95. The molecular weight excluding hydrogens is 254 g/mol. The highest BCUT2D eigenvalue weighted by molar-refractivity contribution is 7.15. The Kier molecular flexibility index (Phi) is 3.80. The SMILES string of the molecule is Nc1ncc(CN2CCCCC2c2ccccc2)s1. The molecule has 0 bridgehead atoms. The van der Waals surface area contributed by atoms with E-state index >= 15 is 0 Å². The normalized spacial score (nSPS) is 20.5.